The number of rotatable bonds is 8. The third-order valence-corrected chi connectivity index (χ3v) is 7.74. The fourth-order valence-corrected chi connectivity index (χ4v) is 5.41. The van der Waals surface area contributed by atoms with Crippen LogP contribution in [0.1, 0.15) is 31.2 Å². The number of nitrogens with zero attached hydrogens (tertiary/aromatic N) is 6. The maximum atomic E-state index is 12.3. The second kappa shape index (κ2) is 12.8. The van der Waals surface area contributed by atoms with Gasteiger partial charge in [-0.05, 0) is 44.2 Å². The molecular formula is C29H37N7O5. The van der Waals surface area contributed by atoms with Gasteiger partial charge in [-0.25, -0.2) is 9.97 Å². The fourth-order valence-electron chi connectivity index (χ4n) is 5.41. The first-order valence-electron chi connectivity index (χ1n) is 14.4. The molecule has 12 heteroatoms. The molecule has 2 saturated heterocycles. The predicted octanol–water partition coefficient (Wildman–Crippen LogP) is 2.60. The molecule has 0 bridgehead atoms. The maximum absolute atomic E-state index is 12.3. The zero-order valence-electron chi connectivity index (χ0n) is 23.5. The van der Waals surface area contributed by atoms with Gasteiger partial charge in [-0.3, -0.25) is 9.78 Å². The molecule has 5 heterocycles. The van der Waals surface area contributed by atoms with E-state index >= 15 is 0 Å². The van der Waals surface area contributed by atoms with Crippen LogP contribution in [0, 0.1) is 6.92 Å². The zero-order valence-corrected chi connectivity index (χ0v) is 23.5. The fraction of sp³-hybridized carbons (Fsp3) is 0.552. The molecule has 3 fully saturated rings. The van der Waals surface area contributed by atoms with Crippen LogP contribution < -0.4 is 19.7 Å². The monoisotopic (exact) mass is 563 g/mol. The summed E-state index contributed by atoms with van der Waals surface area (Å²) in [5.41, 5.74) is 1.98. The smallest absolute Gasteiger partial charge is 0.260 e. The van der Waals surface area contributed by atoms with E-state index in [4.69, 9.17) is 23.9 Å². The Kier molecular flexibility index (Phi) is 8.57. The Morgan fingerprint density at radius 3 is 2.39 bits per heavy atom. The van der Waals surface area contributed by atoms with E-state index in [0.29, 0.717) is 57.1 Å². The summed E-state index contributed by atoms with van der Waals surface area (Å²) in [6, 6.07) is 4.40. The third-order valence-electron chi connectivity index (χ3n) is 7.74. The normalized spacial score (nSPS) is 21.5. The van der Waals surface area contributed by atoms with Crippen LogP contribution in [0.2, 0.25) is 0 Å². The van der Waals surface area contributed by atoms with Gasteiger partial charge in [0.25, 0.3) is 5.91 Å². The number of pyridine rings is 2. The standard InChI is InChI=1S/C29H37N7O5/c1-20-14-24-25(30-16-20)15-26(35-6-10-38-11-7-35)34-28(24)41-22-4-2-21(3-5-22)33-29-31-17-23(18-32-29)40-19-27(37)36-8-12-39-13-9-36/h14-18,21-22H,2-13,19H2,1H3,(H,31,32,33)/t21-,22+. The van der Waals surface area contributed by atoms with Crippen LogP contribution >= 0.6 is 0 Å². The molecule has 3 aromatic heterocycles. The minimum Gasteiger partial charge on any atom is -0.481 e. The van der Waals surface area contributed by atoms with Crippen molar-refractivity contribution in [3.05, 3.63) is 36.3 Å². The highest BCUT2D eigenvalue weighted by molar-refractivity contribution is 5.86. The Balaban J connectivity index is 1.02. The lowest BCUT2D eigenvalue weighted by Gasteiger charge is -2.31. The van der Waals surface area contributed by atoms with E-state index in [9.17, 15) is 4.79 Å². The number of amides is 1. The number of aryl methyl sites for hydroxylation is 1. The van der Waals surface area contributed by atoms with Crippen molar-refractivity contribution >= 4 is 28.6 Å². The van der Waals surface area contributed by atoms with E-state index in [0.717, 1.165) is 61.1 Å². The van der Waals surface area contributed by atoms with E-state index in [1.54, 1.807) is 17.3 Å². The second-order valence-corrected chi connectivity index (χ2v) is 10.7. The van der Waals surface area contributed by atoms with E-state index in [1.165, 1.54) is 0 Å². The van der Waals surface area contributed by atoms with E-state index in [-0.39, 0.29) is 24.7 Å². The third kappa shape index (κ3) is 6.94. The van der Waals surface area contributed by atoms with Crippen LogP contribution in [-0.2, 0) is 14.3 Å². The summed E-state index contributed by atoms with van der Waals surface area (Å²) in [6.07, 6.45) is 8.81. The van der Waals surface area contributed by atoms with Gasteiger partial charge in [-0.15, -0.1) is 0 Å². The molecule has 0 aromatic carbocycles. The largest absolute Gasteiger partial charge is 0.481 e. The minimum atomic E-state index is -0.0584. The van der Waals surface area contributed by atoms with Gasteiger partial charge in [-0.1, -0.05) is 0 Å². The Morgan fingerprint density at radius 1 is 0.951 bits per heavy atom. The van der Waals surface area contributed by atoms with E-state index in [1.807, 2.05) is 19.2 Å². The number of hydrogen-bond acceptors (Lipinski definition) is 11. The topological polar surface area (TPSA) is 124 Å². The van der Waals surface area contributed by atoms with Crippen LogP contribution in [-0.4, -0.2) is 102 Å². The van der Waals surface area contributed by atoms with Crippen molar-refractivity contribution in [1.29, 1.82) is 0 Å². The highest BCUT2D eigenvalue weighted by Crippen LogP contribution is 2.32. The molecule has 218 valence electrons. The molecule has 1 amide bonds. The van der Waals surface area contributed by atoms with Crippen molar-refractivity contribution in [2.75, 3.05) is 69.4 Å². The first kappa shape index (κ1) is 27.4. The molecule has 3 aliphatic rings. The molecule has 6 rings (SSSR count). The minimum absolute atomic E-state index is 0.0325. The van der Waals surface area contributed by atoms with Gasteiger partial charge in [0.2, 0.25) is 11.8 Å². The van der Waals surface area contributed by atoms with Crippen molar-refractivity contribution in [2.24, 2.45) is 0 Å². The van der Waals surface area contributed by atoms with Crippen molar-refractivity contribution in [3.63, 3.8) is 0 Å². The van der Waals surface area contributed by atoms with Crippen molar-refractivity contribution in [1.82, 2.24) is 24.8 Å². The summed E-state index contributed by atoms with van der Waals surface area (Å²) in [4.78, 5) is 34.6. The van der Waals surface area contributed by atoms with Crippen LogP contribution in [0.5, 0.6) is 11.6 Å². The molecule has 0 unspecified atom stereocenters. The summed E-state index contributed by atoms with van der Waals surface area (Å²) >= 11 is 0. The molecule has 0 atom stereocenters. The number of carbonyl (C=O) groups is 1. The average molecular weight is 564 g/mol. The summed E-state index contributed by atoms with van der Waals surface area (Å²) in [7, 11) is 0. The molecular weight excluding hydrogens is 526 g/mol. The van der Waals surface area contributed by atoms with Gasteiger partial charge in [0, 0.05) is 44.5 Å². The Bertz CT molecular complexity index is 1320. The molecule has 1 N–H and O–H groups in total. The van der Waals surface area contributed by atoms with Gasteiger partial charge < -0.3 is 34.1 Å². The molecule has 1 saturated carbocycles. The summed E-state index contributed by atoms with van der Waals surface area (Å²) in [5, 5.41) is 4.38. The van der Waals surface area contributed by atoms with Crippen LogP contribution in [0.25, 0.3) is 10.9 Å². The molecule has 0 spiro atoms. The van der Waals surface area contributed by atoms with Crippen LogP contribution in [0.15, 0.2) is 30.7 Å². The van der Waals surface area contributed by atoms with Gasteiger partial charge in [0.15, 0.2) is 12.4 Å². The lowest BCUT2D eigenvalue weighted by Crippen LogP contribution is -2.43. The Morgan fingerprint density at radius 2 is 1.66 bits per heavy atom. The highest BCUT2D eigenvalue weighted by atomic mass is 16.5. The number of morpholine rings is 2. The molecule has 41 heavy (non-hydrogen) atoms. The van der Waals surface area contributed by atoms with E-state index in [2.05, 4.69) is 31.2 Å². The molecule has 3 aromatic rings. The second-order valence-electron chi connectivity index (χ2n) is 10.7. The van der Waals surface area contributed by atoms with Crippen LogP contribution in [0.3, 0.4) is 0 Å². The first-order valence-corrected chi connectivity index (χ1v) is 14.4. The van der Waals surface area contributed by atoms with E-state index < -0.39 is 0 Å². The SMILES string of the molecule is Cc1cnc2cc(N3CCOCC3)nc(O[C@H]3CC[C@@H](Nc4ncc(OCC(=O)N5CCOCC5)cn4)CC3)c2c1. The average Bonchev–Trinajstić information content (AvgIpc) is 3.02. The van der Waals surface area contributed by atoms with Crippen molar-refractivity contribution < 1.29 is 23.7 Å². The number of ether oxygens (including phenoxy) is 4. The van der Waals surface area contributed by atoms with Gasteiger partial charge in [0.05, 0.1) is 49.7 Å². The number of hydrogen-bond donors (Lipinski definition) is 1. The van der Waals surface area contributed by atoms with Gasteiger partial charge >= 0.3 is 0 Å². The van der Waals surface area contributed by atoms with Crippen molar-refractivity contribution in [2.45, 2.75) is 44.8 Å². The molecule has 12 nitrogen and oxygen atoms in total. The zero-order chi connectivity index (χ0) is 28.0. The van der Waals surface area contributed by atoms with Gasteiger partial charge in [-0.2, -0.15) is 4.98 Å². The predicted molar refractivity (Wildman–Crippen MR) is 153 cm³/mol. The quantitative estimate of drug-likeness (QED) is 0.435. The van der Waals surface area contributed by atoms with Crippen LogP contribution in [0.4, 0.5) is 11.8 Å². The first-order chi connectivity index (χ1) is 20.1. The number of fused-ring (bicyclic) bond motifs is 1. The molecule has 2 aliphatic heterocycles. The highest BCUT2D eigenvalue weighted by Gasteiger charge is 2.25. The number of carbonyl (C=O) groups excluding carboxylic acids is 1. The van der Waals surface area contributed by atoms with Crippen molar-refractivity contribution in [3.8, 4) is 11.6 Å². The Labute approximate surface area is 239 Å². The lowest BCUT2D eigenvalue weighted by molar-refractivity contribution is -0.137. The number of nitrogens with one attached hydrogen (secondary N) is 1. The summed E-state index contributed by atoms with van der Waals surface area (Å²) in [6.45, 7) is 7.34. The molecule has 1 aliphatic carbocycles. The summed E-state index contributed by atoms with van der Waals surface area (Å²) in [5.74, 6) is 2.50. The molecule has 0 radical (unpaired) electrons. The number of anilines is 2. The Hall–Kier alpha value is -3.77. The summed E-state index contributed by atoms with van der Waals surface area (Å²) < 4.78 is 22.9. The maximum Gasteiger partial charge on any atom is 0.260 e. The lowest BCUT2D eigenvalue weighted by atomic mass is 9.93. The number of aromatic nitrogens is 4. The van der Waals surface area contributed by atoms with Gasteiger partial charge in [0.1, 0.15) is 11.9 Å².